The van der Waals surface area contributed by atoms with Crippen LogP contribution in [0.15, 0.2) is 24.4 Å². The molecule has 0 bridgehead atoms. The molecule has 0 radical (unpaired) electrons. The van der Waals surface area contributed by atoms with Crippen LogP contribution in [0.25, 0.3) is 0 Å². The van der Waals surface area contributed by atoms with E-state index in [9.17, 15) is 0 Å². The van der Waals surface area contributed by atoms with E-state index in [1.54, 1.807) is 0 Å². The summed E-state index contributed by atoms with van der Waals surface area (Å²) in [7, 11) is 0. The second kappa shape index (κ2) is 3.20. The van der Waals surface area contributed by atoms with Crippen LogP contribution in [0.1, 0.15) is 12.6 Å². The van der Waals surface area contributed by atoms with Gasteiger partial charge in [-0.25, -0.2) is 0 Å². The normalized spacial score (nSPS) is 11.0. The first-order valence-corrected chi connectivity index (χ1v) is 3.44. The molecular weight excluding hydrogens is 124 g/mol. The Morgan fingerprint density at radius 3 is 3.00 bits per heavy atom. The monoisotopic (exact) mass is 136 g/mol. The molecule has 0 aliphatic heterocycles. The van der Waals surface area contributed by atoms with Crippen LogP contribution in [0.5, 0.6) is 0 Å². The summed E-state index contributed by atoms with van der Waals surface area (Å²) in [5.41, 5.74) is 1.07. The summed E-state index contributed by atoms with van der Waals surface area (Å²) in [6.07, 6.45) is 6.08. The fraction of sp³-hybridized carbons (Fsp3) is 0.375. The minimum Gasteiger partial charge on any atom is -0.269 e. The average molecular weight is 136 g/mol. The lowest BCUT2D eigenvalue weighted by molar-refractivity contribution is 0.693. The molecule has 2 nitrogen and oxygen atoms in total. The number of nitrogens with zero attached hydrogens (tertiary/aromatic N) is 2. The first-order valence-electron chi connectivity index (χ1n) is 3.44. The van der Waals surface area contributed by atoms with Gasteiger partial charge >= 0.3 is 0 Å². The number of hydrogen-bond acceptors (Lipinski definition) is 1. The van der Waals surface area contributed by atoms with E-state index in [0.717, 1.165) is 12.2 Å². The predicted molar refractivity (Wildman–Crippen MR) is 41.8 cm³/mol. The average Bonchev–Trinajstić information content (AvgIpc) is 2.31. The van der Waals surface area contributed by atoms with Crippen LogP contribution in [-0.4, -0.2) is 9.78 Å². The van der Waals surface area contributed by atoms with E-state index in [1.807, 2.05) is 36.9 Å². The first kappa shape index (κ1) is 7.06. The molecule has 1 rings (SSSR count). The number of rotatable bonds is 2. The van der Waals surface area contributed by atoms with Crippen LogP contribution in [0.4, 0.5) is 0 Å². The number of aryl methyl sites for hydroxylation is 1. The van der Waals surface area contributed by atoms with Gasteiger partial charge in [0, 0.05) is 6.20 Å². The fourth-order valence-corrected chi connectivity index (χ4v) is 0.778. The van der Waals surface area contributed by atoms with Crippen LogP contribution in [-0.2, 0) is 6.54 Å². The fourth-order valence-electron chi connectivity index (χ4n) is 0.778. The Morgan fingerprint density at radius 2 is 2.50 bits per heavy atom. The Kier molecular flexibility index (Phi) is 2.26. The van der Waals surface area contributed by atoms with E-state index in [0.29, 0.717) is 0 Å². The maximum Gasteiger partial charge on any atom is 0.0593 e. The van der Waals surface area contributed by atoms with Gasteiger partial charge in [0.05, 0.1) is 12.2 Å². The van der Waals surface area contributed by atoms with Crippen molar-refractivity contribution in [3.63, 3.8) is 0 Å². The standard InChI is InChI=1S/C8H12N2/c1-3-4-6-10-7-5-8(2)9-10/h3-5,7H,6H2,1-2H3/b4-3+. The molecule has 0 unspecified atom stereocenters. The SMILES string of the molecule is C/C=C/Cn1ccc(C)n1. The summed E-state index contributed by atoms with van der Waals surface area (Å²) < 4.78 is 1.91. The molecule has 0 amide bonds. The third kappa shape index (κ3) is 1.72. The minimum absolute atomic E-state index is 0.879. The molecule has 0 aromatic carbocycles. The van der Waals surface area contributed by atoms with Crippen molar-refractivity contribution >= 4 is 0 Å². The van der Waals surface area contributed by atoms with Crippen molar-refractivity contribution in [1.82, 2.24) is 9.78 Å². The van der Waals surface area contributed by atoms with E-state index < -0.39 is 0 Å². The molecule has 0 aliphatic carbocycles. The summed E-state index contributed by atoms with van der Waals surface area (Å²) in [5, 5.41) is 4.21. The third-order valence-corrected chi connectivity index (χ3v) is 1.30. The second-order valence-electron chi connectivity index (χ2n) is 2.25. The van der Waals surface area contributed by atoms with Crippen LogP contribution >= 0.6 is 0 Å². The van der Waals surface area contributed by atoms with Crippen LogP contribution < -0.4 is 0 Å². The van der Waals surface area contributed by atoms with Gasteiger partial charge in [-0.3, -0.25) is 4.68 Å². The van der Waals surface area contributed by atoms with E-state index in [-0.39, 0.29) is 0 Å². The van der Waals surface area contributed by atoms with Gasteiger partial charge in [-0.1, -0.05) is 12.2 Å². The van der Waals surface area contributed by atoms with Crippen LogP contribution in [0.2, 0.25) is 0 Å². The molecule has 0 aliphatic rings. The molecule has 0 N–H and O–H groups in total. The highest BCUT2D eigenvalue weighted by atomic mass is 15.3. The molecule has 1 heterocycles. The van der Waals surface area contributed by atoms with Gasteiger partial charge in [-0.2, -0.15) is 5.10 Å². The zero-order valence-electron chi connectivity index (χ0n) is 6.41. The Hall–Kier alpha value is -1.05. The molecule has 0 atom stereocenters. The topological polar surface area (TPSA) is 17.8 Å². The Morgan fingerprint density at radius 1 is 1.70 bits per heavy atom. The zero-order valence-corrected chi connectivity index (χ0v) is 6.41. The molecule has 1 aromatic rings. The number of hydrogen-bond donors (Lipinski definition) is 0. The van der Waals surface area contributed by atoms with Crippen molar-refractivity contribution < 1.29 is 0 Å². The molecular formula is C8H12N2. The molecule has 1 aromatic heterocycles. The maximum atomic E-state index is 4.21. The van der Waals surface area contributed by atoms with Crippen molar-refractivity contribution in [1.29, 1.82) is 0 Å². The lowest BCUT2D eigenvalue weighted by Gasteiger charge is -1.91. The molecule has 0 fully saturated rings. The van der Waals surface area contributed by atoms with Crippen molar-refractivity contribution in [2.45, 2.75) is 20.4 Å². The number of aromatic nitrogens is 2. The molecule has 2 heteroatoms. The van der Waals surface area contributed by atoms with Gasteiger partial charge in [0.1, 0.15) is 0 Å². The van der Waals surface area contributed by atoms with Gasteiger partial charge in [0.25, 0.3) is 0 Å². The van der Waals surface area contributed by atoms with Gasteiger partial charge in [-0.15, -0.1) is 0 Å². The van der Waals surface area contributed by atoms with E-state index in [2.05, 4.69) is 11.2 Å². The van der Waals surface area contributed by atoms with Crippen molar-refractivity contribution in [2.75, 3.05) is 0 Å². The van der Waals surface area contributed by atoms with Gasteiger partial charge in [0.2, 0.25) is 0 Å². The summed E-state index contributed by atoms with van der Waals surface area (Å²) >= 11 is 0. The highest BCUT2D eigenvalue weighted by Gasteiger charge is 1.87. The quantitative estimate of drug-likeness (QED) is 0.566. The summed E-state index contributed by atoms with van der Waals surface area (Å²) in [6, 6.07) is 2.00. The van der Waals surface area contributed by atoms with E-state index >= 15 is 0 Å². The predicted octanol–water partition coefficient (Wildman–Crippen LogP) is 1.77. The van der Waals surface area contributed by atoms with Gasteiger partial charge in [0.15, 0.2) is 0 Å². The highest BCUT2D eigenvalue weighted by Crippen LogP contribution is 1.92. The Bertz CT molecular complexity index is 223. The Labute approximate surface area is 61.2 Å². The lowest BCUT2D eigenvalue weighted by atomic mass is 10.5. The third-order valence-electron chi connectivity index (χ3n) is 1.30. The van der Waals surface area contributed by atoms with Crippen LogP contribution in [0, 0.1) is 6.92 Å². The summed E-state index contributed by atoms with van der Waals surface area (Å²) in [5.74, 6) is 0. The van der Waals surface area contributed by atoms with Gasteiger partial charge < -0.3 is 0 Å². The Balaban J connectivity index is 2.58. The minimum atomic E-state index is 0.879. The second-order valence-corrected chi connectivity index (χ2v) is 2.25. The molecule has 10 heavy (non-hydrogen) atoms. The molecule has 0 spiro atoms. The van der Waals surface area contributed by atoms with Crippen molar-refractivity contribution in [2.24, 2.45) is 0 Å². The highest BCUT2D eigenvalue weighted by molar-refractivity contribution is 4.95. The molecule has 0 saturated heterocycles. The van der Waals surface area contributed by atoms with E-state index in [4.69, 9.17) is 0 Å². The summed E-state index contributed by atoms with van der Waals surface area (Å²) in [4.78, 5) is 0. The van der Waals surface area contributed by atoms with Crippen molar-refractivity contribution in [3.05, 3.63) is 30.1 Å². The van der Waals surface area contributed by atoms with Crippen LogP contribution in [0.3, 0.4) is 0 Å². The largest absolute Gasteiger partial charge is 0.269 e. The molecule has 0 saturated carbocycles. The summed E-state index contributed by atoms with van der Waals surface area (Å²) in [6.45, 7) is 4.88. The smallest absolute Gasteiger partial charge is 0.0593 e. The maximum absolute atomic E-state index is 4.21. The first-order chi connectivity index (χ1) is 4.83. The zero-order chi connectivity index (χ0) is 7.40. The molecule has 54 valence electrons. The van der Waals surface area contributed by atoms with E-state index in [1.165, 1.54) is 0 Å². The lowest BCUT2D eigenvalue weighted by Crippen LogP contribution is -1.94. The van der Waals surface area contributed by atoms with Gasteiger partial charge in [-0.05, 0) is 19.9 Å². The number of allylic oxidation sites excluding steroid dienone is 2. The van der Waals surface area contributed by atoms with Crippen molar-refractivity contribution in [3.8, 4) is 0 Å².